The van der Waals surface area contributed by atoms with Crippen molar-refractivity contribution in [2.24, 2.45) is 4.99 Å². The number of allylic oxidation sites excluding steroid dienone is 1. The normalized spacial score (nSPS) is 12.7. The molecule has 4 rings (SSSR count). The molecule has 3 aromatic rings. The number of hydrogen-bond acceptors (Lipinski definition) is 4. The lowest BCUT2D eigenvalue weighted by atomic mass is 10.0. The van der Waals surface area contributed by atoms with Crippen molar-refractivity contribution >= 4 is 28.8 Å². The van der Waals surface area contributed by atoms with Crippen LogP contribution in [0.1, 0.15) is 16.7 Å². The van der Waals surface area contributed by atoms with Crippen LogP contribution in [0.4, 0.5) is 17.1 Å². The van der Waals surface area contributed by atoms with E-state index in [1.165, 1.54) is 12.1 Å². The van der Waals surface area contributed by atoms with Crippen LogP contribution >= 0.6 is 0 Å². The predicted octanol–water partition coefficient (Wildman–Crippen LogP) is 5.35. The van der Waals surface area contributed by atoms with Crippen molar-refractivity contribution in [1.82, 2.24) is 0 Å². The van der Waals surface area contributed by atoms with Gasteiger partial charge in [-0.1, -0.05) is 48.5 Å². The summed E-state index contributed by atoms with van der Waals surface area (Å²) in [6.45, 7) is 0.633. The Bertz CT molecular complexity index is 1060. The highest BCUT2D eigenvalue weighted by molar-refractivity contribution is 6.13. The molecule has 0 fully saturated rings. The standard InChI is InChI=1S/C22H17N3O2/c26-25(27)20-8-4-7-18(14-20)24-19-10-11-21-17(13-19)15-23-22(21)12-9-16-5-2-1-3-6-16/h1-14,24H,15H2/b12-9+. The Morgan fingerprint density at radius 3 is 2.56 bits per heavy atom. The summed E-state index contributed by atoms with van der Waals surface area (Å²) in [5.74, 6) is 0. The summed E-state index contributed by atoms with van der Waals surface area (Å²) in [7, 11) is 0. The number of non-ortho nitro benzene ring substituents is 1. The lowest BCUT2D eigenvalue weighted by Gasteiger charge is -2.08. The van der Waals surface area contributed by atoms with E-state index in [9.17, 15) is 10.1 Å². The Morgan fingerprint density at radius 1 is 0.926 bits per heavy atom. The molecule has 0 spiro atoms. The summed E-state index contributed by atoms with van der Waals surface area (Å²) in [6, 6.07) is 22.7. The number of anilines is 2. The monoisotopic (exact) mass is 355 g/mol. The van der Waals surface area contributed by atoms with Crippen molar-refractivity contribution in [2.45, 2.75) is 6.54 Å². The number of nitro benzene ring substituents is 1. The van der Waals surface area contributed by atoms with Crippen LogP contribution in [0, 0.1) is 10.1 Å². The van der Waals surface area contributed by atoms with Crippen molar-refractivity contribution in [1.29, 1.82) is 0 Å². The number of nitrogens with one attached hydrogen (secondary N) is 1. The van der Waals surface area contributed by atoms with Gasteiger partial charge in [-0.05, 0) is 35.4 Å². The summed E-state index contributed by atoms with van der Waals surface area (Å²) in [5, 5.41) is 14.1. The minimum absolute atomic E-state index is 0.0674. The first-order valence-corrected chi connectivity index (χ1v) is 8.61. The molecule has 0 unspecified atom stereocenters. The maximum absolute atomic E-state index is 10.9. The van der Waals surface area contributed by atoms with E-state index in [2.05, 4.69) is 28.5 Å². The van der Waals surface area contributed by atoms with E-state index in [1.807, 2.05) is 48.5 Å². The quantitative estimate of drug-likeness (QED) is 0.495. The lowest BCUT2D eigenvalue weighted by molar-refractivity contribution is -0.384. The van der Waals surface area contributed by atoms with Crippen molar-refractivity contribution < 1.29 is 4.92 Å². The van der Waals surface area contributed by atoms with E-state index >= 15 is 0 Å². The molecule has 0 aromatic heterocycles. The molecule has 3 aromatic carbocycles. The zero-order valence-corrected chi connectivity index (χ0v) is 14.5. The molecule has 0 saturated carbocycles. The topological polar surface area (TPSA) is 67.5 Å². The number of benzene rings is 3. The Balaban J connectivity index is 1.52. The summed E-state index contributed by atoms with van der Waals surface area (Å²) in [5.41, 5.74) is 6.00. The van der Waals surface area contributed by atoms with Crippen LogP contribution in [0.3, 0.4) is 0 Å². The number of fused-ring (bicyclic) bond motifs is 1. The smallest absolute Gasteiger partial charge is 0.271 e. The number of nitro groups is 1. The minimum atomic E-state index is -0.396. The largest absolute Gasteiger partial charge is 0.355 e. The molecular weight excluding hydrogens is 338 g/mol. The van der Waals surface area contributed by atoms with Gasteiger partial charge in [0, 0.05) is 29.1 Å². The van der Waals surface area contributed by atoms with E-state index in [0.29, 0.717) is 12.2 Å². The maximum Gasteiger partial charge on any atom is 0.271 e. The molecule has 1 aliphatic rings. The molecule has 0 aliphatic carbocycles. The van der Waals surface area contributed by atoms with Gasteiger partial charge in [0.05, 0.1) is 17.2 Å². The van der Waals surface area contributed by atoms with Gasteiger partial charge in [-0.3, -0.25) is 15.1 Å². The number of aliphatic imine (C=N–C) groups is 1. The number of hydrogen-bond donors (Lipinski definition) is 1. The van der Waals surface area contributed by atoms with Crippen LogP contribution in [0.25, 0.3) is 6.08 Å². The zero-order chi connectivity index (χ0) is 18.6. The Hall–Kier alpha value is -3.73. The lowest BCUT2D eigenvalue weighted by Crippen LogP contribution is -1.97. The van der Waals surface area contributed by atoms with E-state index in [4.69, 9.17) is 0 Å². The van der Waals surface area contributed by atoms with Gasteiger partial charge in [0.1, 0.15) is 0 Å². The minimum Gasteiger partial charge on any atom is -0.355 e. The SMILES string of the molecule is O=[N+]([O-])c1cccc(Nc2ccc3c(c2)CN=C3/C=C/c2ccccc2)c1. The second-order valence-electron chi connectivity index (χ2n) is 6.25. The molecule has 1 heterocycles. The summed E-state index contributed by atoms with van der Waals surface area (Å²) in [6.07, 6.45) is 4.10. The van der Waals surface area contributed by atoms with E-state index in [-0.39, 0.29) is 5.69 Å². The summed E-state index contributed by atoms with van der Waals surface area (Å²) < 4.78 is 0. The molecule has 0 amide bonds. The van der Waals surface area contributed by atoms with Crippen molar-refractivity contribution in [2.75, 3.05) is 5.32 Å². The highest BCUT2D eigenvalue weighted by Gasteiger charge is 2.14. The molecule has 0 radical (unpaired) electrons. The first-order valence-electron chi connectivity index (χ1n) is 8.61. The first kappa shape index (κ1) is 16.7. The second kappa shape index (κ2) is 7.25. The van der Waals surface area contributed by atoms with Crippen LogP contribution in [0.15, 0.2) is 83.9 Å². The third-order valence-electron chi connectivity index (χ3n) is 4.38. The van der Waals surface area contributed by atoms with E-state index in [1.54, 1.807) is 6.07 Å². The summed E-state index contributed by atoms with van der Waals surface area (Å²) >= 11 is 0. The Morgan fingerprint density at radius 2 is 1.74 bits per heavy atom. The van der Waals surface area contributed by atoms with Gasteiger partial charge in [0.15, 0.2) is 0 Å². The van der Waals surface area contributed by atoms with Gasteiger partial charge in [0.25, 0.3) is 5.69 Å². The Kier molecular flexibility index (Phi) is 4.49. The van der Waals surface area contributed by atoms with E-state index < -0.39 is 4.92 Å². The average molecular weight is 355 g/mol. The van der Waals surface area contributed by atoms with Crippen molar-refractivity contribution in [3.05, 3.63) is 106 Å². The second-order valence-corrected chi connectivity index (χ2v) is 6.25. The fourth-order valence-electron chi connectivity index (χ4n) is 3.05. The summed E-state index contributed by atoms with van der Waals surface area (Å²) in [4.78, 5) is 15.1. The Labute approximate surface area is 156 Å². The molecule has 0 saturated heterocycles. The highest BCUT2D eigenvalue weighted by Crippen LogP contribution is 2.27. The number of nitrogens with zero attached hydrogens (tertiary/aromatic N) is 2. The molecule has 0 bridgehead atoms. The predicted molar refractivity (Wildman–Crippen MR) is 109 cm³/mol. The zero-order valence-electron chi connectivity index (χ0n) is 14.5. The van der Waals surface area contributed by atoms with Gasteiger partial charge in [-0.25, -0.2) is 0 Å². The third kappa shape index (κ3) is 3.77. The molecule has 1 N–H and O–H groups in total. The molecule has 5 nitrogen and oxygen atoms in total. The molecule has 27 heavy (non-hydrogen) atoms. The maximum atomic E-state index is 10.9. The molecule has 5 heteroatoms. The fourth-order valence-corrected chi connectivity index (χ4v) is 3.05. The molecule has 132 valence electrons. The van der Waals surface area contributed by atoms with Crippen LogP contribution in [0.2, 0.25) is 0 Å². The highest BCUT2D eigenvalue weighted by atomic mass is 16.6. The third-order valence-corrected chi connectivity index (χ3v) is 4.38. The van der Waals surface area contributed by atoms with Crippen molar-refractivity contribution in [3.8, 4) is 0 Å². The van der Waals surface area contributed by atoms with Gasteiger partial charge in [-0.2, -0.15) is 0 Å². The fraction of sp³-hybridized carbons (Fsp3) is 0.0455. The van der Waals surface area contributed by atoms with Gasteiger partial charge < -0.3 is 5.32 Å². The van der Waals surface area contributed by atoms with Gasteiger partial charge in [-0.15, -0.1) is 0 Å². The van der Waals surface area contributed by atoms with Crippen LogP contribution in [0.5, 0.6) is 0 Å². The molecular formula is C22H17N3O2. The first-order chi connectivity index (χ1) is 13.2. The average Bonchev–Trinajstić information content (AvgIpc) is 3.09. The number of rotatable bonds is 5. The van der Waals surface area contributed by atoms with Crippen LogP contribution < -0.4 is 5.32 Å². The van der Waals surface area contributed by atoms with Crippen LogP contribution in [-0.4, -0.2) is 10.6 Å². The van der Waals surface area contributed by atoms with Crippen molar-refractivity contribution in [3.63, 3.8) is 0 Å². The van der Waals surface area contributed by atoms with Gasteiger partial charge in [0.2, 0.25) is 0 Å². The van der Waals surface area contributed by atoms with Gasteiger partial charge >= 0.3 is 0 Å². The van der Waals surface area contributed by atoms with E-state index in [0.717, 1.165) is 28.1 Å². The molecule has 1 aliphatic heterocycles. The van der Waals surface area contributed by atoms with Crippen LogP contribution in [-0.2, 0) is 6.54 Å². The molecule has 0 atom stereocenters.